The molecule has 2 N–H and O–H groups in total. The van der Waals surface area contributed by atoms with Gasteiger partial charge in [0.05, 0.1) is 6.61 Å². The van der Waals surface area contributed by atoms with E-state index in [1.165, 1.54) is 43.4 Å². The van der Waals surface area contributed by atoms with Gasteiger partial charge in [0.2, 0.25) is 0 Å². The monoisotopic (exact) mass is 262 g/mol. The molecule has 1 aliphatic carbocycles. The molecule has 1 aromatic carbocycles. The SMILES string of the molecule is CNCc1ccc(N(CCO)C2CCCCC2)cc1. The summed E-state index contributed by atoms with van der Waals surface area (Å²) >= 11 is 0. The lowest BCUT2D eigenvalue weighted by Gasteiger charge is -2.36. The van der Waals surface area contributed by atoms with E-state index in [4.69, 9.17) is 0 Å². The van der Waals surface area contributed by atoms with Gasteiger partial charge < -0.3 is 15.3 Å². The zero-order valence-electron chi connectivity index (χ0n) is 11.9. The maximum absolute atomic E-state index is 9.32. The Hall–Kier alpha value is -1.06. The summed E-state index contributed by atoms with van der Waals surface area (Å²) in [6, 6.07) is 9.35. The number of nitrogens with zero attached hydrogens (tertiary/aromatic N) is 1. The van der Waals surface area contributed by atoms with Gasteiger partial charge in [0.1, 0.15) is 0 Å². The Bertz CT molecular complexity index is 358. The summed E-state index contributed by atoms with van der Waals surface area (Å²) in [5, 5.41) is 12.5. The van der Waals surface area contributed by atoms with Gasteiger partial charge in [0, 0.05) is 24.8 Å². The maximum Gasteiger partial charge on any atom is 0.0606 e. The lowest BCUT2D eigenvalue weighted by molar-refractivity contribution is 0.290. The Labute approximate surface area is 116 Å². The van der Waals surface area contributed by atoms with E-state index in [0.29, 0.717) is 6.04 Å². The van der Waals surface area contributed by atoms with Crippen molar-refractivity contribution >= 4 is 5.69 Å². The van der Waals surface area contributed by atoms with E-state index in [1.54, 1.807) is 0 Å². The summed E-state index contributed by atoms with van der Waals surface area (Å²) in [5.41, 5.74) is 2.56. The second-order valence-electron chi connectivity index (χ2n) is 5.41. The number of aliphatic hydroxyl groups excluding tert-OH is 1. The van der Waals surface area contributed by atoms with Crippen LogP contribution in [0, 0.1) is 0 Å². The highest BCUT2D eigenvalue weighted by Gasteiger charge is 2.20. The normalized spacial score (nSPS) is 16.5. The number of anilines is 1. The number of hydrogen-bond acceptors (Lipinski definition) is 3. The Kier molecular flexibility index (Phi) is 5.67. The smallest absolute Gasteiger partial charge is 0.0606 e. The van der Waals surface area contributed by atoms with E-state index < -0.39 is 0 Å². The molecule has 0 spiro atoms. The molecule has 19 heavy (non-hydrogen) atoms. The van der Waals surface area contributed by atoms with Gasteiger partial charge in [-0.2, -0.15) is 0 Å². The van der Waals surface area contributed by atoms with Crippen LogP contribution in [-0.4, -0.2) is 31.3 Å². The predicted molar refractivity (Wildman–Crippen MR) is 80.5 cm³/mol. The molecule has 2 rings (SSSR count). The predicted octanol–water partition coefficient (Wildman–Crippen LogP) is 2.54. The molecule has 3 nitrogen and oxygen atoms in total. The second kappa shape index (κ2) is 7.51. The fourth-order valence-corrected chi connectivity index (χ4v) is 3.03. The number of hydrogen-bond donors (Lipinski definition) is 2. The highest BCUT2D eigenvalue weighted by molar-refractivity contribution is 5.48. The van der Waals surface area contributed by atoms with Gasteiger partial charge in [-0.1, -0.05) is 31.4 Å². The van der Waals surface area contributed by atoms with Gasteiger partial charge in [-0.05, 0) is 37.6 Å². The highest BCUT2D eigenvalue weighted by Crippen LogP contribution is 2.27. The van der Waals surface area contributed by atoms with Crippen LogP contribution in [0.4, 0.5) is 5.69 Å². The van der Waals surface area contributed by atoms with Crippen molar-refractivity contribution in [2.45, 2.75) is 44.7 Å². The van der Waals surface area contributed by atoms with Crippen molar-refractivity contribution in [2.24, 2.45) is 0 Å². The van der Waals surface area contributed by atoms with Crippen molar-refractivity contribution in [2.75, 3.05) is 25.1 Å². The number of benzene rings is 1. The van der Waals surface area contributed by atoms with Crippen molar-refractivity contribution in [1.29, 1.82) is 0 Å². The highest BCUT2D eigenvalue weighted by atomic mass is 16.3. The molecule has 0 aliphatic heterocycles. The molecular formula is C16H26N2O. The van der Waals surface area contributed by atoms with E-state index >= 15 is 0 Å². The summed E-state index contributed by atoms with van der Waals surface area (Å²) in [5.74, 6) is 0. The zero-order chi connectivity index (χ0) is 13.5. The molecule has 1 aliphatic rings. The van der Waals surface area contributed by atoms with E-state index in [1.807, 2.05) is 7.05 Å². The Balaban J connectivity index is 2.08. The molecule has 0 bridgehead atoms. The molecular weight excluding hydrogens is 236 g/mol. The third-order valence-corrected chi connectivity index (χ3v) is 4.01. The van der Waals surface area contributed by atoms with Crippen molar-refractivity contribution in [3.63, 3.8) is 0 Å². The Morgan fingerprint density at radius 1 is 1.16 bits per heavy atom. The molecule has 0 atom stereocenters. The van der Waals surface area contributed by atoms with Gasteiger partial charge in [-0.25, -0.2) is 0 Å². The van der Waals surface area contributed by atoms with Crippen LogP contribution in [0.1, 0.15) is 37.7 Å². The van der Waals surface area contributed by atoms with Crippen LogP contribution in [0.3, 0.4) is 0 Å². The van der Waals surface area contributed by atoms with Crippen molar-refractivity contribution < 1.29 is 5.11 Å². The molecule has 1 saturated carbocycles. The maximum atomic E-state index is 9.32. The van der Waals surface area contributed by atoms with Gasteiger partial charge in [-0.15, -0.1) is 0 Å². The third-order valence-electron chi connectivity index (χ3n) is 4.01. The summed E-state index contributed by atoms with van der Waals surface area (Å²) in [7, 11) is 1.97. The first kappa shape index (κ1) is 14.4. The van der Waals surface area contributed by atoms with Crippen molar-refractivity contribution in [3.05, 3.63) is 29.8 Å². The minimum atomic E-state index is 0.231. The average Bonchev–Trinajstić information content (AvgIpc) is 2.47. The Morgan fingerprint density at radius 3 is 2.42 bits per heavy atom. The van der Waals surface area contributed by atoms with Crippen LogP contribution in [0.25, 0.3) is 0 Å². The molecule has 0 unspecified atom stereocenters. The van der Waals surface area contributed by atoms with Gasteiger partial charge in [-0.3, -0.25) is 0 Å². The molecule has 0 heterocycles. The van der Waals surface area contributed by atoms with E-state index in [0.717, 1.165) is 13.1 Å². The van der Waals surface area contributed by atoms with Crippen molar-refractivity contribution in [3.8, 4) is 0 Å². The van der Waals surface area contributed by atoms with Crippen LogP contribution in [-0.2, 0) is 6.54 Å². The molecule has 0 amide bonds. The first-order chi connectivity index (χ1) is 9.35. The number of rotatable bonds is 6. The first-order valence-corrected chi connectivity index (χ1v) is 7.46. The second-order valence-corrected chi connectivity index (χ2v) is 5.41. The summed E-state index contributed by atoms with van der Waals surface area (Å²) in [6.07, 6.45) is 6.54. The third kappa shape index (κ3) is 3.95. The average molecular weight is 262 g/mol. The van der Waals surface area contributed by atoms with Gasteiger partial charge >= 0.3 is 0 Å². The summed E-state index contributed by atoms with van der Waals surface area (Å²) in [6.45, 7) is 1.88. The zero-order valence-corrected chi connectivity index (χ0v) is 11.9. The Morgan fingerprint density at radius 2 is 1.84 bits per heavy atom. The molecule has 0 radical (unpaired) electrons. The van der Waals surface area contributed by atoms with Crippen LogP contribution in [0.2, 0.25) is 0 Å². The minimum absolute atomic E-state index is 0.231. The summed E-state index contributed by atoms with van der Waals surface area (Å²) < 4.78 is 0. The van der Waals surface area contributed by atoms with E-state index in [9.17, 15) is 5.11 Å². The fraction of sp³-hybridized carbons (Fsp3) is 0.625. The number of aliphatic hydroxyl groups is 1. The number of nitrogens with one attached hydrogen (secondary N) is 1. The van der Waals surface area contributed by atoms with Crippen LogP contribution < -0.4 is 10.2 Å². The quantitative estimate of drug-likeness (QED) is 0.827. The molecule has 0 saturated heterocycles. The fourth-order valence-electron chi connectivity index (χ4n) is 3.03. The van der Waals surface area contributed by atoms with Crippen LogP contribution >= 0.6 is 0 Å². The minimum Gasteiger partial charge on any atom is -0.395 e. The van der Waals surface area contributed by atoms with Gasteiger partial charge in [0.15, 0.2) is 0 Å². The largest absolute Gasteiger partial charge is 0.395 e. The molecule has 1 fully saturated rings. The van der Waals surface area contributed by atoms with E-state index in [-0.39, 0.29) is 6.61 Å². The lowest BCUT2D eigenvalue weighted by atomic mass is 9.93. The van der Waals surface area contributed by atoms with Crippen molar-refractivity contribution in [1.82, 2.24) is 5.32 Å². The topological polar surface area (TPSA) is 35.5 Å². The lowest BCUT2D eigenvalue weighted by Crippen LogP contribution is -2.38. The molecule has 1 aromatic rings. The standard InChI is InChI=1S/C16H26N2O/c1-17-13-14-7-9-16(10-8-14)18(11-12-19)15-5-3-2-4-6-15/h7-10,15,17,19H,2-6,11-13H2,1H3. The summed E-state index contributed by atoms with van der Waals surface area (Å²) in [4.78, 5) is 2.39. The van der Waals surface area contributed by atoms with E-state index in [2.05, 4.69) is 34.5 Å². The first-order valence-electron chi connectivity index (χ1n) is 7.46. The van der Waals surface area contributed by atoms with Crippen LogP contribution in [0.5, 0.6) is 0 Å². The van der Waals surface area contributed by atoms with Crippen LogP contribution in [0.15, 0.2) is 24.3 Å². The van der Waals surface area contributed by atoms with Gasteiger partial charge in [0.25, 0.3) is 0 Å². The molecule has 3 heteroatoms. The molecule has 0 aromatic heterocycles. The molecule has 106 valence electrons.